The predicted octanol–water partition coefficient (Wildman–Crippen LogP) is 5.55. The molecule has 1 amide bonds. The molecule has 0 saturated carbocycles. The van der Waals surface area contributed by atoms with E-state index >= 15 is 0 Å². The topological polar surface area (TPSA) is 68.1 Å². The van der Waals surface area contributed by atoms with Crippen LogP contribution in [0.15, 0.2) is 83.7 Å². The number of anilines is 1. The second-order valence-corrected chi connectivity index (χ2v) is 9.94. The van der Waals surface area contributed by atoms with E-state index in [-0.39, 0.29) is 23.1 Å². The fourth-order valence-corrected chi connectivity index (χ4v) is 5.13. The van der Waals surface area contributed by atoms with E-state index in [0.29, 0.717) is 35.4 Å². The Hall–Kier alpha value is -3.84. The lowest BCUT2D eigenvalue weighted by molar-refractivity contribution is 0.0981. The van der Waals surface area contributed by atoms with Crippen LogP contribution < -0.4 is 10.5 Å². The Morgan fingerprint density at radius 1 is 0.943 bits per heavy atom. The van der Waals surface area contributed by atoms with Crippen LogP contribution in [0.2, 0.25) is 0 Å². The van der Waals surface area contributed by atoms with Crippen LogP contribution in [0, 0.1) is 5.92 Å². The number of benzene rings is 3. The number of nitrogens with zero attached hydrogens (tertiary/aromatic N) is 4. The number of thiazole rings is 1. The molecule has 0 fully saturated rings. The second kappa shape index (κ2) is 9.80. The van der Waals surface area contributed by atoms with E-state index in [1.807, 2.05) is 68.4 Å². The van der Waals surface area contributed by atoms with Crippen LogP contribution in [0.3, 0.4) is 0 Å². The van der Waals surface area contributed by atoms with E-state index in [1.54, 1.807) is 17.0 Å². The average Bonchev–Trinajstić information content (AvgIpc) is 3.30. The van der Waals surface area contributed by atoms with Gasteiger partial charge in [-0.25, -0.2) is 9.67 Å². The lowest BCUT2D eigenvalue weighted by atomic mass is 10.1. The van der Waals surface area contributed by atoms with Crippen LogP contribution in [0.25, 0.3) is 21.0 Å². The highest BCUT2D eigenvalue weighted by atomic mass is 32.1. The van der Waals surface area contributed by atoms with Gasteiger partial charge in [-0.3, -0.25) is 14.5 Å². The summed E-state index contributed by atoms with van der Waals surface area (Å²) in [5.74, 6) is -0.0450. The molecule has 5 aromatic rings. The summed E-state index contributed by atoms with van der Waals surface area (Å²) in [5.41, 5.74) is 2.08. The summed E-state index contributed by atoms with van der Waals surface area (Å²) in [6.45, 7) is 4.94. The number of fused-ring (bicyclic) bond motifs is 2. The molecule has 0 aliphatic heterocycles. The molecular weight excluding hydrogens is 456 g/mol. The van der Waals surface area contributed by atoms with Crippen LogP contribution in [0.4, 0.5) is 5.13 Å². The zero-order valence-corrected chi connectivity index (χ0v) is 20.5. The molecule has 0 N–H and O–H groups in total. The summed E-state index contributed by atoms with van der Waals surface area (Å²) in [5, 5.41) is 6.27. The van der Waals surface area contributed by atoms with E-state index in [1.165, 1.54) is 16.0 Å². The van der Waals surface area contributed by atoms with E-state index in [9.17, 15) is 9.59 Å². The normalized spacial score (nSPS) is 11.4. The Morgan fingerprint density at radius 3 is 2.37 bits per heavy atom. The van der Waals surface area contributed by atoms with Gasteiger partial charge in [-0.1, -0.05) is 85.8 Å². The van der Waals surface area contributed by atoms with Crippen LogP contribution in [0.5, 0.6) is 0 Å². The minimum atomic E-state index is -0.256. The molecule has 0 aliphatic rings. The first-order valence-corrected chi connectivity index (χ1v) is 12.5. The summed E-state index contributed by atoms with van der Waals surface area (Å²) in [6, 6.07) is 25.2. The molecule has 0 unspecified atom stereocenters. The highest BCUT2D eigenvalue weighted by Gasteiger charge is 2.26. The molecule has 7 heteroatoms. The minimum absolute atomic E-state index is 0.179. The van der Waals surface area contributed by atoms with Crippen molar-refractivity contribution in [2.75, 3.05) is 11.4 Å². The molecule has 5 rings (SSSR count). The Morgan fingerprint density at radius 2 is 1.63 bits per heavy atom. The van der Waals surface area contributed by atoms with E-state index < -0.39 is 0 Å². The Balaban J connectivity index is 1.62. The van der Waals surface area contributed by atoms with Crippen LogP contribution in [-0.4, -0.2) is 27.2 Å². The van der Waals surface area contributed by atoms with Crippen molar-refractivity contribution in [2.24, 2.45) is 5.92 Å². The van der Waals surface area contributed by atoms with Crippen molar-refractivity contribution in [3.05, 3.63) is 100 Å². The molecule has 0 saturated heterocycles. The fourth-order valence-electron chi connectivity index (χ4n) is 4.14. The molecule has 35 heavy (non-hydrogen) atoms. The smallest absolute Gasteiger partial charge is 0.281 e. The monoisotopic (exact) mass is 482 g/mol. The van der Waals surface area contributed by atoms with Crippen LogP contribution >= 0.6 is 11.3 Å². The average molecular weight is 483 g/mol. The van der Waals surface area contributed by atoms with Gasteiger partial charge in [-0.15, -0.1) is 0 Å². The zero-order chi connectivity index (χ0) is 24.4. The number of aromatic nitrogens is 3. The summed E-state index contributed by atoms with van der Waals surface area (Å²) in [4.78, 5) is 33.7. The highest BCUT2D eigenvalue weighted by molar-refractivity contribution is 7.22. The van der Waals surface area contributed by atoms with Gasteiger partial charge in [0.15, 0.2) is 10.8 Å². The predicted molar refractivity (Wildman–Crippen MR) is 142 cm³/mol. The second-order valence-electron chi connectivity index (χ2n) is 8.93. The molecule has 0 bridgehead atoms. The lowest BCUT2D eigenvalue weighted by Gasteiger charge is -2.21. The third-order valence-electron chi connectivity index (χ3n) is 5.83. The lowest BCUT2D eigenvalue weighted by Crippen LogP contribution is -2.36. The van der Waals surface area contributed by atoms with Gasteiger partial charge in [0, 0.05) is 18.5 Å². The van der Waals surface area contributed by atoms with Crippen molar-refractivity contribution in [3.63, 3.8) is 0 Å². The molecule has 0 aliphatic carbocycles. The molecule has 176 valence electrons. The number of hydrogen-bond donors (Lipinski definition) is 0. The van der Waals surface area contributed by atoms with Gasteiger partial charge in [0.05, 0.1) is 15.6 Å². The fraction of sp³-hybridized carbons (Fsp3) is 0.214. The van der Waals surface area contributed by atoms with Gasteiger partial charge in [-0.2, -0.15) is 5.10 Å². The first-order chi connectivity index (χ1) is 17.0. The van der Waals surface area contributed by atoms with Gasteiger partial charge >= 0.3 is 0 Å². The number of hydrogen-bond acceptors (Lipinski definition) is 5. The number of carbonyl (C=O) groups is 1. The van der Waals surface area contributed by atoms with Crippen molar-refractivity contribution in [2.45, 2.75) is 26.8 Å². The van der Waals surface area contributed by atoms with Gasteiger partial charge in [0.2, 0.25) is 0 Å². The minimum Gasteiger partial charge on any atom is -0.282 e. The summed E-state index contributed by atoms with van der Waals surface area (Å²) in [6.07, 6.45) is 0.673. The Bertz CT molecular complexity index is 1520. The molecule has 0 radical (unpaired) electrons. The van der Waals surface area contributed by atoms with Gasteiger partial charge < -0.3 is 0 Å². The van der Waals surface area contributed by atoms with E-state index in [0.717, 1.165) is 15.8 Å². The largest absolute Gasteiger partial charge is 0.282 e. The SMILES string of the molecule is CC(C)Cn1nc(C(=O)N(CCc2ccccc2)c2nc3ccccc3s2)c2ccccc2c1=O. The molecule has 6 nitrogen and oxygen atoms in total. The summed E-state index contributed by atoms with van der Waals surface area (Å²) < 4.78 is 2.44. The van der Waals surface area contributed by atoms with Crippen LogP contribution in [0.1, 0.15) is 29.9 Å². The van der Waals surface area contributed by atoms with Gasteiger partial charge in [-0.05, 0) is 36.1 Å². The Kier molecular flexibility index (Phi) is 6.42. The molecule has 3 aromatic carbocycles. The number of para-hydroxylation sites is 1. The maximum Gasteiger partial charge on any atom is 0.281 e. The Labute approximate surface area is 207 Å². The maximum atomic E-state index is 14.1. The standard InChI is InChI=1S/C28H26N4O2S/c1-19(2)18-32-26(33)22-13-7-6-12-21(22)25(30-32)27(34)31(17-16-20-10-4-3-5-11-20)28-29-23-14-8-9-15-24(23)35-28/h3-15,19H,16-18H2,1-2H3. The molecule has 0 spiro atoms. The zero-order valence-electron chi connectivity index (χ0n) is 19.7. The third kappa shape index (κ3) is 4.72. The van der Waals surface area contributed by atoms with E-state index in [2.05, 4.69) is 17.2 Å². The third-order valence-corrected chi connectivity index (χ3v) is 6.89. The van der Waals surface area contributed by atoms with Crippen molar-refractivity contribution >= 4 is 43.4 Å². The molecule has 2 heterocycles. The maximum absolute atomic E-state index is 14.1. The quantitative estimate of drug-likeness (QED) is 0.305. The summed E-state index contributed by atoms with van der Waals surface area (Å²) in [7, 11) is 0. The van der Waals surface area contributed by atoms with Crippen molar-refractivity contribution in [1.82, 2.24) is 14.8 Å². The summed E-state index contributed by atoms with van der Waals surface area (Å²) >= 11 is 1.48. The van der Waals surface area contributed by atoms with E-state index in [4.69, 9.17) is 4.98 Å². The number of rotatable bonds is 7. The molecular formula is C28H26N4O2S. The van der Waals surface area contributed by atoms with Crippen molar-refractivity contribution in [3.8, 4) is 0 Å². The molecule has 2 aromatic heterocycles. The number of amides is 1. The first kappa shape index (κ1) is 22.9. The van der Waals surface area contributed by atoms with Crippen molar-refractivity contribution in [1.29, 1.82) is 0 Å². The highest BCUT2D eigenvalue weighted by Crippen LogP contribution is 2.30. The van der Waals surface area contributed by atoms with Gasteiger partial charge in [0.25, 0.3) is 11.5 Å². The first-order valence-electron chi connectivity index (χ1n) is 11.7. The molecule has 0 atom stereocenters. The van der Waals surface area contributed by atoms with Crippen molar-refractivity contribution < 1.29 is 4.79 Å². The van der Waals surface area contributed by atoms with Crippen LogP contribution in [-0.2, 0) is 13.0 Å². The van der Waals surface area contributed by atoms with Gasteiger partial charge in [0.1, 0.15) is 0 Å². The number of carbonyl (C=O) groups excluding carboxylic acids is 1.